The fraction of sp³-hybridized carbons (Fsp3) is 0.214. The van der Waals surface area contributed by atoms with Crippen LogP contribution in [0.4, 0.5) is 5.82 Å². The zero-order chi connectivity index (χ0) is 14.7. The first-order chi connectivity index (χ1) is 9.49. The highest BCUT2D eigenvalue weighted by molar-refractivity contribution is 7.80. The molecule has 1 aromatic heterocycles. The van der Waals surface area contributed by atoms with Crippen LogP contribution in [0.25, 0.3) is 10.9 Å². The molecule has 0 atom stereocenters. The second kappa shape index (κ2) is 5.83. The number of amides is 1. The summed E-state index contributed by atoms with van der Waals surface area (Å²) in [5.41, 5.74) is 7.30. The molecule has 0 fully saturated rings. The first-order valence-corrected chi connectivity index (χ1v) is 6.53. The Hall–Kier alpha value is -2.21. The summed E-state index contributed by atoms with van der Waals surface area (Å²) < 4.78 is 0. The zero-order valence-corrected chi connectivity index (χ0v) is 12.2. The van der Waals surface area contributed by atoms with E-state index < -0.39 is 0 Å². The van der Waals surface area contributed by atoms with Gasteiger partial charge in [-0.05, 0) is 12.1 Å². The SMILES string of the molecule is CN(C)C(=O)CNc1cc(C(N)=S)c2ccccc2n1. The number of rotatable bonds is 4. The topological polar surface area (TPSA) is 71.2 Å². The minimum atomic E-state index is -0.0307. The molecule has 0 aliphatic heterocycles. The summed E-state index contributed by atoms with van der Waals surface area (Å²) in [6.45, 7) is 0.176. The van der Waals surface area contributed by atoms with Crippen LogP contribution in [-0.2, 0) is 4.79 Å². The summed E-state index contributed by atoms with van der Waals surface area (Å²) in [5, 5.41) is 3.90. The molecule has 20 heavy (non-hydrogen) atoms. The average molecular weight is 288 g/mol. The number of nitrogens with one attached hydrogen (secondary N) is 1. The molecule has 0 spiro atoms. The van der Waals surface area contributed by atoms with Crippen LogP contribution < -0.4 is 11.1 Å². The third-order valence-electron chi connectivity index (χ3n) is 2.90. The van der Waals surface area contributed by atoms with E-state index in [0.717, 1.165) is 16.5 Å². The quantitative estimate of drug-likeness (QED) is 0.831. The Bertz CT molecular complexity index is 669. The number of para-hydroxylation sites is 1. The number of benzene rings is 1. The third-order valence-corrected chi connectivity index (χ3v) is 3.12. The molecular weight excluding hydrogens is 272 g/mol. The van der Waals surface area contributed by atoms with E-state index in [9.17, 15) is 4.79 Å². The maximum Gasteiger partial charge on any atom is 0.241 e. The van der Waals surface area contributed by atoms with E-state index in [1.165, 1.54) is 4.90 Å². The van der Waals surface area contributed by atoms with Crippen LogP contribution in [0.15, 0.2) is 30.3 Å². The van der Waals surface area contributed by atoms with E-state index in [0.29, 0.717) is 10.8 Å². The molecule has 2 rings (SSSR count). The number of hydrogen-bond acceptors (Lipinski definition) is 4. The molecule has 6 heteroatoms. The van der Waals surface area contributed by atoms with Crippen molar-refractivity contribution in [1.82, 2.24) is 9.88 Å². The number of aromatic nitrogens is 1. The summed E-state index contributed by atoms with van der Waals surface area (Å²) in [6.07, 6.45) is 0. The molecule has 0 radical (unpaired) electrons. The van der Waals surface area contributed by atoms with Gasteiger partial charge >= 0.3 is 0 Å². The van der Waals surface area contributed by atoms with Crippen LogP contribution in [0.2, 0.25) is 0 Å². The van der Waals surface area contributed by atoms with E-state index in [-0.39, 0.29) is 12.5 Å². The predicted octanol–water partition coefficient (Wildman–Crippen LogP) is 1.37. The summed E-state index contributed by atoms with van der Waals surface area (Å²) in [5.74, 6) is 0.554. The van der Waals surface area contributed by atoms with E-state index in [2.05, 4.69) is 10.3 Å². The van der Waals surface area contributed by atoms with Crippen molar-refractivity contribution in [2.24, 2.45) is 5.73 Å². The summed E-state index contributed by atoms with van der Waals surface area (Å²) in [7, 11) is 3.41. The van der Waals surface area contributed by atoms with E-state index in [4.69, 9.17) is 18.0 Å². The number of nitrogens with two attached hydrogens (primary N) is 1. The number of hydrogen-bond donors (Lipinski definition) is 2. The van der Waals surface area contributed by atoms with Gasteiger partial charge in [0, 0.05) is 25.0 Å². The summed E-state index contributed by atoms with van der Waals surface area (Å²) in [6, 6.07) is 9.39. The highest BCUT2D eigenvalue weighted by atomic mass is 32.1. The zero-order valence-electron chi connectivity index (χ0n) is 11.4. The van der Waals surface area contributed by atoms with Gasteiger partial charge in [0.25, 0.3) is 0 Å². The highest BCUT2D eigenvalue weighted by Crippen LogP contribution is 2.20. The van der Waals surface area contributed by atoms with Crippen molar-refractivity contribution in [3.8, 4) is 0 Å². The molecule has 0 saturated carbocycles. The van der Waals surface area contributed by atoms with Crippen LogP contribution in [0.1, 0.15) is 5.56 Å². The Kier molecular flexibility index (Phi) is 4.14. The van der Waals surface area contributed by atoms with E-state index in [1.54, 1.807) is 20.2 Å². The number of carbonyl (C=O) groups excluding carboxylic acids is 1. The minimum absolute atomic E-state index is 0.0307. The van der Waals surface area contributed by atoms with Gasteiger partial charge in [-0.3, -0.25) is 4.79 Å². The number of likely N-dealkylation sites (N-methyl/N-ethyl adjacent to an activating group) is 1. The number of nitrogens with zero attached hydrogens (tertiary/aromatic N) is 2. The van der Waals surface area contributed by atoms with Crippen molar-refractivity contribution < 1.29 is 4.79 Å². The number of carbonyl (C=O) groups is 1. The normalized spacial score (nSPS) is 10.3. The van der Waals surface area contributed by atoms with Crippen LogP contribution in [0.3, 0.4) is 0 Å². The number of fused-ring (bicyclic) bond motifs is 1. The van der Waals surface area contributed by atoms with E-state index in [1.807, 2.05) is 24.3 Å². The lowest BCUT2D eigenvalue weighted by Crippen LogP contribution is -2.28. The molecule has 0 bridgehead atoms. The fourth-order valence-corrected chi connectivity index (χ4v) is 1.96. The number of pyridine rings is 1. The Balaban J connectivity index is 2.35. The largest absolute Gasteiger partial charge is 0.389 e. The molecule has 0 saturated heterocycles. The van der Waals surface area contributed by atoms with Crippen LogP contribution in [0, 0.1) is 0 Å². The van der Waals surface area contributed by atoms with Gasteiger partial charge in [0.05, 0.1) is 12.1 Å². The van der Waals surface area contributed by atoms with Crippen molar-refractivity contribution in [3.63, 3.8) is 0 Å². The first-order valence-electron chi connectivity index (χ1n) is 6.12. The van der Waals surface area contributed by atoms with Crippen LogP contribution in [-0.4, -0.2) is 41.4 Å². The number of thiocarbonyl (C=S) groups is 1. The molecular formula is C14H16N4OS. The molecule has 2 aromatic rings. The molecule has 104 valence electrons. The summed E-state index contributed by atoms with van der Waals surface area (Å²) >= 11 is 5.07. The molecule has 5 nitrogen and oxygen atoms in total. The Morgan fingerprint density at radius 1 is 1.40 bits per heavy atom. The van der Waals surface area contributed by atoms with E-state index >= 15 is 0 Å². The predicted molar refractivity (Wildman–Crippen MR) is 84.8 cm³/mol. The lowest BCUT2D eigenvalue weighted by atomic mass is 10.1. The molecule has 1 aromatic carbocycles. The Morgan fingerprint density at radius 2 is 2.10 bits per heavy atom. The highest BCUT2D eigenvalue weighted by Gasteiger charge is 2.09. The smallest absolute Gasteiger partial charge is 0.241 e. The van der Waals surface area contributed by atoms with Gasteiger partial charge in [-0.2, -0.15) is 0 Å². The standard InChI is InChI=1S/C14H16N4OS/c1-18(2)13(19)8-16-12-7-10(14(15)20)9-5-3-4-6-11(9)17-12/h3-7H,8H2,1-2H3,(H2,15,20)(H,16,17). The second-order valence-corrected chi connectivity index (χ2v) is 5.02. The van der Waals surface area contributed by atoms with Gasteiger partial charge in [-0.15, -0.1) is 0 Å². The summed E-state index contributed by atoms with van der Waals surface area (Å²) in [4.78, 5) is 17.9. The van der Waals surface area contributed by atoms with Crippen LogP contribution in [0.5, 0.6) is 0 Å². The maximum absolute atomic E-state index is 11.6. The second-order valence-electron chi connectivity index (χ2n) is 4.58. The molecule has 0 aliphatic carbocycles. The monoisotopic (exact) mass is 288 g/mol. The Morgan fingerprint density at radius 3 is 2.75 bits per heavy atom. The van der Waals surface area contributed by atoms with Gasteiger partial charge in [0.1, 0.15) is 10.8 Å². The fourth-order valence-electron chi connectivity index (χ4n) is 1.79. The van der Waals surface area contributed by atoms with Crippen molar-refractivity contribution in [2.45, 2.75) is 0 Å². The van der Waals surface area contributed by atoms with Gasteiger partial charge in [0.2, 0.25) is 5.91 Å². The van der Waals surface area contributed by atoms with Crippen molar-refractivity contribution in [2.75, 3.05) is 26.0 Å². The van der Waals surface area contributed by atoms with Crippen molar-refractivity contribution in [1.29, 1.82) is 0 Å². The van der Waals surface area contributed by atoms with Crippen molar-refractivity contribution >= 4 is 39.8 Å². The third kappa shape index (κ3) is 3.03. The maximum atomic E-state index is 11.6. The lowest BCUT2D eigenvalue weighted by Gasteiger charge is -2.13. The van der Waals surface area contributed by atoms with Crippen LogP contribution >= 0.6 is 12.2 Å². The van der Waals surface area contributed by atoms with Gasteiger partial charge < -0.3 is 16.0 Å². The molecule has 3 N–H and O–H groups in total. The molecule has 1 heterocycles. The first kappa shape index (κ1) is 14.2. The molecule has 1 amide bonds. The van der Waals surface area contributed by atoms with Gasteiger partial charge in [0.15, 0.2) is 0 Å². The Labute approximate surface area is 122 Å². The lowest BCUT2D eigenvalue weighted by molar-refractivity contribution is -0.126. The van der Waals surface area contributed by atoms with Crippen molar-refractivity contribution in [3.05, 3.63) is 35.9 Å². The average Bonchev–Trinajstić information content (AvgIpc) is 2.43. The van der Waals surface area contributed by atoms with Gasteiger partial charge in [-0.1, -0.05) is 30.4 Å². The minimum Gasteiger partial charge on any atom is -0.389 e. The molecule has 0 aliphatic rings. The molecule has 0 unspecified atom stereocenters. The van der Waals surface area contributed by atoms with Gasteiger partial charge in [-0.25, -0.2) is 4.98 Å². The number of anilines is 1.